The van der Waals surface area contributed by atoms with E-state index in [0.29, 0.717) is 22.9 Å². The second-order valence-electron chi connectivity index (χ2n) is 14.2. The van der Waals surface area contributed by atoms with Crippen LogP contribution < -0.4 is 20.9 Å². The lowest BCUT2D eigenvalue weighted by Crippen LogP contribution is -2.38. The largest absolute Gasteiger partial charge is 0.386 e. The normalized spacial score (nSPS) is 14.9. The summed E-state index contributed by atoms with van der Waals surface area (Å²) in [6.45, 7) is 0.0655. The van der Waals surface area contributed by atoms with Gasteiger partial charge < -0.3 is 15.4 Å². The number of pyridine rings is 1. The predicted molar refractivity (Wildman–Crippen MR) is 213 cm³/mol. The number of carbonyl (C=O) groups excluding carboxylic acids is 1. The van der Waals surface area contributed by atoms with Crippen LogP contribution in [-0.2, 0) is 30.1 Å². The first-order chi connectivity index (χ1) is 29.3. The summed E-state index contributed by atoms with van der Waals surface area (Å²) in [6, 6.07) is 6.35. The van der Waals surface area contributed by atoms with Crippen LogP contribution in [0.1, 0.15) is 53.3 Å². The molecule has 6 aromatic rings. The number of benzene rings is 3. The minimum absolute atomic E-state index is 0.0313. The molecule has 0 aliphatic heterocycles. The average Bonchev–Trinajstić information content (AvgIpc) is 3.66. The Morgan fingerprint density at radius 3 is 2.29 bits per heavy atom. The van der Waals surface area contributed by atoms with Crippen LogP contribution in [0.4, 0.5) is 45.2 Å². The number of amidine groups is 1. The fraction of sp³-hybridized carbons (Fsp3) is 0.250. The van der Waals surface area contributed by atoms with Gasteiger partial charge in [0, 0.05) is 49.4 Å². The molecular formula is C40H31ClF9N9O2S. The second kappa shape index (κ2) is 17.0. The quantitative estimate of drug-likeness (QED) is 0.0415. The molecule has 4 N–H and O–H groups in total. The van der Waals surface area contributed by atoms with Gasteiger partial charge in [0.2, 0.25) is 5.91 Å². The standard InChI is InChI=1S/C40H31ClF9N9O2S/c1-16-8-22-32(35(47)48)56-58(34(22)40(16,49)50)15-29(60)53-27(11-17-9-18(42)12-19(43)10-17)38-55-37-21(4-6-26(54-37)31-24(45)13-20(44)14-25(31)46)39(61)59(38)28-7-5-23(41)30(33(28)52-2)36(51)57-62-3/h4-7,9-10,12-14,16,27,35,52H,8,11,15H2,1-3H3,(H2,51,57)(H,53,60)/t16-,27?/m0/s1. The number of rotatable bonds is 12. The van der Waals surface area contributed by atoms with Crippen molar-refractivity contribution < 1.29 is 44.3 Å². The highest BCUT2D eigenvalue weighted by Crippen LogP contribution is 2.48. The van der Waals surface area contributed by atoms with Crippen LogP contribution in [0.5, 0.6) is 0 Å². The maximum atomic E-state index is 15.4. The molecule has 22 heteroatoms. The predicted octanol–water partition coefficient (Wildman–Crippen LogP) is 8.55. The van der Waals surface area contributed by atoms with Crippen molar-refractivity contribution in [3.8, 4) is 16.9 Å². The molecule has 0 radical (unpaired) electrons. The van der Waals surface area contributed by atoms with Crippen molar-refractivity contribution in [3.63, 3.8) is 0 Å². The molecule has 1 unspecified atom stereocenters. The zero-order chi connectivity index (χ0) is 44.9. The molecule has 3 aromatic heterocycles. The molecule has 0 saturated heterocycles. The molecule has 0 fully saturated rings. The van der Waals surface area contributed by atoms with Crippen molar-refractivity contribution in [1.82, 2.24) is 34.4 Å². The van der Waals surface area contributed by atoms with Gasteiger partial charge >= 0.3 is 0 Å². The van der Waals surface area contributed by atoms with Crippen LogP contribution in [0.2, 0.25) is 5.02 Å². The number of carbonyl (C=O) groups is 1. The topological polar surface area (TPSA) is 143 Å². The monoisotopic (exact) mass is 907 g/mol. The van der Waals surface area contributed by atoms with Crippen LogP contribution in [0.25, 0.3) is 28.0 Å². The Balaban J connectivity index is 1.48. The number of alkyl halides is 4. The van der Waals surface area contributed by atoms with Crippen LogP contribution in [0.15, 0.2) is 59.4 Å². The summed E-state index contributed by atoms with van der Waals surface area (Å²) < 4.78 is 136. The number of hydrogen-bond acceptors (Lipinski definition) is 8. The number of amides is 1. The number of fused-ring (bicyclic) bond motifs is 2. The Bertz CT molecular complexity index is 2810. The Morgan fingerprint density at radius 1 is 1.00 bits per heavy atom. The molecule has 0 spiro atoms. The van der Waals surface area contributed by atoms with Crippen molar-refractivity contribution in [3.05, 3.63) is 133 Å². The van der Waals surface area contributed by atoms with E-state index in [1.807, 2.05) is 0 Å². The van der Waals surface area contributed by atoms with E-state index in [2.05, 4.69) is 30.4 Å². The lowest BCUT2D eigenvalue weighted by atomic mass is 10.0. The number of hydrogen-bond donors (Lipinski definition) is 4. The summed E-state index contributed by atoms with van der Waals surface area (Å²) in [7, 11) is 1.44. The summed E-state index contributed by atoms with van der Waals surface area (Å²) in [6.07, 6.45) is -2.69. The minimum Gasteiger partial charge on any atom is -0.386 e. The number of halogens is 10. The van der Waals surface area contributed by atoms with Gasteiger partial charge in [-0.1, -0.05) is 30.5 Å². The van der Waals surface area contributed by atoms with Crippen molar-refractivity contribution in [2.75, 3.05) is 18.6 Å². The zero-order valence-corrected chi connectivity index (χ0v) is 33.9. The van der Waals surface area contributed by atoms with Gasteiger partial charge in [-0.15, -0.1) is 0 Å². The summed E-state index contributed by atoms with van der Waals surface area (Å²) in [5, 5.41) is 17.5. The fourth-order valence-corrected chi connectivity index (χ4v) is 8.03. The Hall–Kier alpha value is -6.09. The van der Waals surface area contributed by atoms with Gasteiger partial charge in [0.1, 0.15) is 58.7 Å². The van der Waals surface area contributed by atoms with Gasteiger partial charge in [-0.05, 0) is 48.4 Å². The molecule has 1 aliphatic carbocycles. The first kappa shape index (κ1) is 44.0. The van der Waals surface area contributed by atoms with Gasteiger partial charge in [-0.2, -0.15) is 13.9 Å². The highest BCUT2D eigenvalue weighted by atomic mass is 35.5. The SMILES string of the molecule is CNc1c(-n2c(C(Cc3cc(F)cc(F)c3)NC(=O)Cn3nc(C(F)F)c4c3C(F)(F)[C@@H](C)C4)nc3nc(-c4c(F)cc(F)cc4F)ccc3c2=O)ccc(Cl)c1C(=N)NSC. The third-order valence-corrected chi connectivity index (χ3v) is 10.9. The van der Waals surface area contributed by atoms with Gasteiger partial charge in [-0.3, -0.25) is 24.2 Å². The average molecular weight is 908 g/mol. The van der Waals surface area contributed by atoms with E-state index in [9.17, 15) is 31.5 Å². The molecule has 3 aromatic carbocycles. The fourth-order valence-electron chi connectivity index (χ4n) is 7.48. The van der Waals surface area contributed by atoms with Crippen molar-refractivity contribution in [2.45, 2.75) is 44.7 Å². The third-order valence-electron chi connectivity index (χ3n) is 10.1. The highest BCUT2D eigenvalue weighted by Gasteiger charge is 2.51. The molecule has 3 heterocycles. The van der Waals surface area contributed by atoms with Gasteiger partial charge in [-0.25, -0.2) is 40.7 Å². The molecule has 0 bridgehead atoms. The number of nitrogens with zero attached hydrogens (tertiary/aromatic N) is 5. The van der Waals surface area contributed by atoms with E-state index in [0.717, 1.165) is 47.7 Å². The number of aromatic nitrogens is 5. The Kier molecular flexibility index (Phi) is 12.1. The lowest BCUT2D eigenvalue weighted by molar-refractivity contribution is -0.123. The molecule has 1 aliphatic rings. The van der Waals surface area contributed by atoms with Crippen LogP contribution in [-0.4, -0.2) is 49.4 Å². The molecule has 11 nitrogen and oxygen atoms in total. The van der Waals surface area contributed by atoms with Crippen molar-refractivity contribution in [2.24, 2.45) is 5.92 Å². The van der Waals surface area contributed by atoms with Crippen molar-refractivity contribution >= 4 is 52.0 Å². The highest BCUT2D eigenvalue weighted by molar-refractivity contribution is 7.97. The van der Waals surface area contributed by atoms with E-state index < -0.39 is 124 Å². The molecule has 2 atom stereocenters. The number of nitrogens with one attached hydrogen (secondary N) is 4. The maximum Gasteiger partial charge on any atom is 0.292 e. The summed E-state index contributed by atoms with van der Waals surface area (Å²) in [5.41, 5.74) is -5.07. The molecular weight excluding hydrogens is 877 g/mol. The third kappa shape index (κ3) is 8.05. The van der Waals surface area contributed by atoms with Crippen LogP contribution >= 0.6 is 23.5 Å². The van der Waals surface area contributed by atoms with Gasteiger partial charge in [0.25, 0.3) is 17.9 Å². The Morgan fingerprint density at radius 2 is 1.66 bits per heavy atom. The van der Waals surface area contributed by atoms with E-state index >= 15 is 17.6 Å². The van der Waals surface area contributed by atoms with E-state index in [1.165, 1.54) is 19.2 Å². The number of anilines is 1. The molecule has 62 heavy (non-hydrogen) atoms. The maximum absolute atomic E-state index is 15.4. The van der Waals surface area contributed by atoms with Crippen LogP contribution in [0, 0.1) is 40.4 Å². The van der Waals surface area contributed by atoms with Crippen molar-refractivity contribution in [1.29, 1.82) is 5.41 Å². The zero-order valence-electron chi connectivity index (χ0n) is 32.3. The lowest BCUT2D eigenvalue weighted by Gasteiger charge is -2.25. The minimum atomic E-state index is -3.67. The molecule has 324 valence electrons. The van der Waals surface area contributed by atoms with Gasteiger partial charge in [0.05, 0.1) is 44.6 Å². The van der Waals surface area contributed by atoms with E-state index in [4.69, 9.17) is 17.0 Å². The van der Waals surface area contributed by atoms with E-state index in [-0.39, 0.29) is 38.7 Å². The second-order valence-corrected chi connectivity index (χ2v) is 15.2. The first-order valence-corrected chi connectivity index (χ1v) is 19.9. The van der Waals surface area contributed by atoms with Crippen LogP contribution in [0.3, 0.4) is 0 Å². The summed E-state index contributed by atoms with van der Waals surface area (Å²) in [5.74, 6) is -13.0. The molecule has 0 saturated carbocycles. The first-order valence-electron chi connectivity index (χ1n) is 18.3. The molecule has 7 rings (SSSR count). The van der Waals surface area contributed by atoms with Gasteiger partial charge in [0.15, 0.2) is 5.65 Å². The molecule has 1 amide bonds. The van der Waals surface area contributed by atoms with E-state index in [1.54, 1.807) is 6.26 Å². The summed E-state index contributed by atoms with van der Waals surface area (Å²) in [4.78, 5) is 37.6. The Labute approximate surface area is 354 Å². The smallest absolute Gasteiger partial charge is 0.292 e. The summed E-state index contributed by atoms with van der Waals surface area (Å²) >= 11 is 7.60.